The molecule has 2 N–H and O–H groups in total. The lowest BCUT2D eigenvalue weighted by Gasteiger charge is -2.21. The molecule has 2 aromatic rings. The number of pyridine rings is 1. The summed E-state index contributed by atoms with van der Waals surface area (Å²) in [6.07, 6.45) is 1.74. The summed E-state index contributed by atoms with van der Waals surface area (Å²) < 4.78 is 5.18. The van der Waals surface area contributed by atoms with Gasteiger partial charge in [-0.1, -0.05) is 35.5 Å². The van der Waals surface area contributed by atoms with E-state index in [2.05, 4.69) is 4.98 Å². The van der Waals surface area contributed by atoms with Crippen molar-refractivity contribution in [2.75, 3.05) is 7.11 Å². The van der Waals surface area contributed by atoms with Crippen molar-refractivity contribution in [3.8, 4) is 5.75 Å². The molecule has 0 saturated heterocycles. The van der Waals surface area contributed by atoms with E-state index in [4.69, 9.17) is 22.1 Å². The summed E-state index contributed by atoms with van der Waals surface area (Å²) in [7, 11) is 1.65. The highest BCUT2D eigenvalue weighted by atomic mass is 35.5. The molecule has 0 fully saturated rings. The summed E-state index contributed by atoms with van der Waals surface area (Å²) in [4.78, 5) is 4.31. The van der Waals surface area contributed by atoms with Gasteiger partial charge in [0.05, 0.1) is 17.4 Å². The van der Waals surface area contributed by atoms with Crippen LogP contribution in [0.5, 0.6) is 5.75 Å². The fourth-order valence-corrected chi connectivity index (χ4v) is 3.16. The van der Waals surface area contributed by atoms with E-state index in [0.29, 0.717) is 5.02 Å². The number of benzene rings is 1. The Labute approximate surface area is 128 Å². The smallest absolute Gasteiger partial charge is 0.118 e. The van der Waals surface area contributed by atoms with Crippen molar-refractivity contribution in [1.29, 1.82) is 0 Å². The first kappa shape index (κ1) is 15.2. The number of aromatic nitrogens is 1. The fraction of sp³-hybridized carbons (Fsp3) is 0.267. The largest absolute Gasteiger partial charge is 0.497 e. The molecule has 20 heavy (non-hydrogen) atoms. The Hall–Kier alpha value is -1.23. The van der Waals surface area contributed by atoms with Gasteiger partial charge in [-0.05, 0) is 36.8 Å². The lowest BCUT2D eigenvalue weighted by Crippen LogP contribution is -2.22. The number of methoxy groups -OCH3 is 1. The third kappa shape index (κ3) is 3.66. The molecule has 0 aliphatic carbocycles. The van der Waals surface area contributed by atoms with E-state index >= 15 is 0 Å². The maximum Gasteiger partial charge on any atom is 0.118 e. The molecule has 0 aliphatic rings. The molecule has 1 aromatic carbocycles. The van der Waals surface area contributed by atoms with Crippen LogP contribution in [0.15, 0.2) is 47.6 Å². The molecule has 0 aliphatic heterocycles. The second kappa shape index (κ2) is 6.97. The van der Waals surface area contributed by atoms with E-state index in [0.717, 1.165) is 16.3 Å². The number of nitrogens with zero attached hydrogens (tertiary/aromatic N) is 1. The second-order valence-electron chi connectivity index (χ2n) is 4.46. The van der Waals surface area contributed by atoms with Crippen molar-refractivity contribution in [3.63, 3.8) is 0 Å². The first-order valence-electron chi connectivity index (χ1n) is 6.28. The predicted molar refractivity (Wildman–Crippen MR) is 84.5 cm³/mol. The minimum absolute atomic E-state index is 0.0218. The zero-order valence-corrected chi connectivity index (χ0v) is 13.0. The molecule has 0 saturated carbocycles. The van der Waals surface area contributed by atoms with Gasteiger partial charge in [0, 0.05) is 12.2 Å². The molecule has 1 aromatic heterocycles. The Balaban J connectivity index is 2.25. The number of hydrogen-bond acceptors (Lipinski definition) is 4. The van der Waals surface area contributed by atoms with Crippen LogP contribution in [0.2, 0.25) is 5.02 Å². The summed E-state index contributed by atoms with van der Waals surface area (Å²) in [5.41, 5.74) is 7.25. The minimum Gasteiger partial charge on any atom is -0.497 e. The summed E-state index contributed by atoms with van der Waals surface area (Å²) in [6.45, 7) is 1.98. The highest BCUT2D eigenvalue weighted by molar-refractivity contribution is 7.99. The summed E-state index contributed by atoms with van der Waals surface area (Å²) in [6, 6.07) is 11.6. The summed E-state index contributed by atoms with van der Waals surface area (Å²) >= 11 is 7.75. The van der Waals surface area contributed by atoms with Crippen LogP contribution >= 0.6 is 23.4 Å². The zero-order chi connectivity index (χ0) is 14.5. The number of halogens is 1. The van der Waals surface area contributed by atoms with Gasteiger partial charge in [0.2, 0.25) is 0 Å². The van der Waals surface area contributed by atoms with E-state index < -0.39 is 0 Å². The Morgan fingerprint density at radius 1 is 1.25 bits per heavy atom. The van der Waals surface area contributed by atoms with Gasteiger partial charge in [0.1, 0.15) is 10.8 Å². The average Bonchev–Trinajstić information content (AvgIpc) is 2.46. The molecule has 106 valence electrons. The number of rotatable bonds is 5. The number of ether oxygens (including phenoxy) is 1. The van der Waals surface area contributed by atoms with Crippen LogP contribution in [0.1, 0.15) is 17.7 Å². The molecule has 0 bridgehead atoms. The van der Waals surface area contributed by atoms with Crippen molar-refractivity contribution in [3.05, 3.63) is 53.2 Å². The molecule has 0 amide bonds. The Morgan fingerprint density at radius 2 is 1.95 bits per heavy atom. The Bertz CT molecular complexity index is 560. The molecule has 2 unspecified atom stereocenters. The average molecular weight is 309 g/mol. The van der Waals surface area contributed by atoms with Gasteiger partial charge < -0.3 is 10.5 Å². The number of nitrogens with two attached hydrogens (primary N) is 1. The molecule has 2 atom stereocenters. The van der Waals surface area contributed by atoms with Crippen molar-refractivity contribution < 1.29 is 4.74 Å². The van der Waals surface area contributed by atoms with Gasteiger partial charge >= 0.3 is 0 Å². The Morgan fingerprint density at radius 3 is 2.50 bits per heavy atom. The first-order chi connectivity index (χ1) is 9.61. The normalized spacial score (nSPS) is 13.8. The van der Waals surface area contributed by atoms with E-state index in [1.54, 1.807) is 25.1 Å². The Kier molecular flexibility index (Phi) is 5.29. The highest BCUT2D eigenvalue weighted by Crippen LogP contribution is 2.39. The predicted octanol–water partition coefficient (Wildman–Crippen LogP) is 3.92. The number of hydrogen-bond donors (Lipinski definition) is 1. The third-order valence-corrected chi connectivity index (χ3v) is 4.81. The SMILES string of the molecule is COc1ccc(C(Sc2ncccc2Cl)C(C)N)cc1. The van der Waals surface area contributed by atoms with Crippen LogP contribution < -0.4 is 10.5 Å². The van der Waals surface area contributed by atoms with Gasteiger partial charge in [-0.25, -0.2) is 4.98 Å². The van der Waals surface area contributed by atoms with Crippen molar-refractivity contribution in [2.45, 2.75) is 23.2 Å². The van der Waals surface area contributed by atoms with Crippen LogP contribution in [0.4, 0.5) is 0 Å². The number of thioether (sulfide) groups is 1. The van der Waals surface area contributed by atoms with Crippen molar-refractivity contribution in [1.82, 2.24) is 4.98 Å². The quantitative estimate of drug-likeness (QED) is 0.850. The van der Waals surface area contributed by atoms with Crippen LogP contribution in [0, 0.1) is 0 Å². The van der Waals surface area contributed by atoms with Gasteiger partial charge in [0.25, 0.3) is 0 Å². The van der Waals surface area contributed by atoms with Gasteiger partial charge in [0.15, 0.2) is 0 Å². The minimum atomic E-state index is -0.0218. The molecule has 0 radical (unpaired) electrons. The van der Waals surface area contributed by atoms with Crippen LogP contribution in [-0.4, -0.2) is 18.1 Å². The van der Waals surface area contributed by atoms with E-state index in [1.165, 1.54) is 0 Å². The standard InChI is InChI=1S/C15H17ClN2OS/c1-10(17)14(11-5-7-12(19-2)8-6-11)20-15-13(16)4-3-9-18-15/h3-10,14H,17H2,1-2H3. The molecule has 3 nitrogen and oxygen atoms in total. The summed E-state index contributed by atoms with van der Waals surface area (Å²) in [5, 5.41) is 1.54. The van der Waals surface area contributed by atoms with Gasteiger partial charge in [-0.3, -0.25) is 0 Å². The molecular formula is C15H17ClN2OS. The van der Waals surface area contributed by atoms with Crippen LogP contribution in [0.3, 0.4) is 0 Å². The molecule has 1 heterocycles. The monoisotopic (exact) mass is 308 g/mol. The van der Waals surface area contributed by atoms with Gasteiger partial charge in [-0.15, -0.1) is 0 Å². The lowest BCUT2D eigenvalue weighted by atomic mass is 10.1. The van der Waals surface area contributed by atoms with Crippen LogP contribution in [-0.2, 0) is 0 Å². The topological polar surface area (TPSA) is 48.1 Å². The van der Waals surface area contributed by atoms with Crippen molar-refractivity contribution in [2.24, 2.45) is 5.73 Å². The third-order valence-electron chi connectivity index (χ3n) is 2.89. The van der Waals surface area contributed by atoms with E-state index in [1.807, 2.05) is 43.3 Å². The summed E-state index contributed by atoms with van der Waals surface area (Å²) in [5.74, 6) is 0.832. The molecule has 0 spiro atoms. The fourth-order valence-electron chi connectivity index (χ4n) is 1.85. The van der Waals surface area contributed by atoms with Gasteiger partial charge in [-0.2, -0.15) is 0 Å². The van der Waals surface area contributed by atoms with Crippen molar-refractivity contribution >= 4 is 23.4 Å². The molecule has 5 heteroatoms. The maximum absolute atomic E-state index is 6.16. The second-order valence-corrected chi connectivity index (χ2v) is 6.00. The zero-order valence-electron chi connectivity index (χ0n) is 11.4. The molecular weight excluding hydrogens is 292 g/mol. The van der Waals surface area contributed by atoms with E-state index in [-0.39, 0.29) is 11.3 Å². The van der Waals surface area contributed by atoms with Crippen LogP contribution in [0.25, 0.3) is 0 Å². The lowest BCUT2D eigenvalue weighted by molar-refractivity contribution is 0.414. The molecule has 2 rings (SSSR count). The van der Waals surface area contributed by atoms with E-state index in [9.17, 15) is 0 Å². The maximum atomic E-state index is 6.16. The highest BCUT2D eigenvalue weighted by Gasteiger charge is 2.19. The first-order valence-corrected chi connectivity index (χ1v) is 7.54.